The van der Waals surface area contributed by atoms with Crippen LogP contribution >= 0.6 is 11.6 Å². The van der Waals surface area contributed by atoms with E-state index in [2.05, 4.69) is 4.74 Å². The van der Waals surface area contributed by atoms with Crippen LogP contribution in [0.25, 0.3) is 22.1 Å². The average Bonchev–Trinajstić information content (AvgIpc) is 3.19. The quantitative estimate of drug-likeness (QED) is 0.280. The Bertz CT molecular complexity index is 1480. The van der Waals surface area contributed by atoms with Crippen molar-refractivity contribution >= 4 is 28.5 Å². The molecule has 0 amide bonds. The van der Waals surface area contributed by atoms with Crippen molar-refractivity contribution in [3.63, 3.8) is 0 Å². The maximum atomic E-state index is 14.0. The molecule has 0 spiro atoms. The minimum absolute atomic E-state index is 0.0674. The van der Waals surface area contributed by atoms with E-state index < -0.39 is 28.9 Å². The molecule has 2 aromatic heterocycles. The molecule has 0 radical (unpaired) electrons. The zero-order valence-electron chi connectivity index (χ0n) is 18.7. The van der Waals surface area contributed by atoms with Gasteiger partial charge in [-0.15, -0.1) is 0 Å². The van der Waals surface area contributed by atoms with Crippen LogP contribution in [0.4, 0.5) is 13.2 Å². The fourth-order valence-electron chi connectivity index (χ4n) is 3.65. The van der Waals surface area contributed by atoms with Crippen LogP contribution in [0.1, 0.15) is 33.2 Å². The number of methoxy groups -OCH3 is 1. The van der Waals surface area contributed by atoms with Crippen molar-refractivity contribution in [1.82, 2.24) is 0 Å². The number of esters is 1. The van der Waals surface area contributed by atoms with Crippen LogP contribution in [0.15, 0.2) is 56.1 Å². The molecule has 35 heavy (non-hydrogen) atoms. The summed E-state index contributed by atoms with van der Waals surface area (Å²) >= 11 is 5.87. The number of fused-ring (bicyclic) bond motifs is 1. The van der Waals surface area contributed by atoms with Gasteiger partial charge < -0.3 is 18.3 Å². The molecule has 6 nitrogen and oxygen atoms in total. The van der Waals surface area contributed by atoms with E-state index in [0.29, 0.717) is 5.02 Å². The van der Waals surface area contributed by atoms with Gasteiger partial charge in [-0.2, -0.15) is 13.2 Å². The van der Waals surface area contributed by atoms with Gasteiger partial charge in [0, 0.05) is 16.1 Å². The van der Waals surface area contributed by atoms with Crippen LogP contribution < -0.4 is 10.2 Å². The highest BCUT2D eigenvalue weighted by Crippen LogP contribution is 2.40. The van der Waals surface area contributed by atoms with Gasteiger partial charge in [-0.1, -0.05) is 23.7 Å². The molecule has 0 aliphatic heterocycles. The Labute approximate surface area is 201 Å². The molecule has 0 saturated carbocycles. The van der Waals surface area contributed by atoms with Crippen LogP contribution in [0, 0.1) is 13.8 Å². The van der Waals surface area contributed by atoms with Gasteiger partial charge in [-0.05, 0) is 49.7 Å². The topological polar surface area (TPSA) is 78.9 Å². The third-order valence-electron chi connectivity index (χ3n) is 5.40. The molecule has 182 valence electrons. The molecule has 2 heterocycles. The summed E-state index contributed by atoms with van der Waals surface area (Å²) in [5, 5.41) is 0.476. The third-order valence-corrected chi connectivity index (χ3v) is 5.65. The van der Waals surface area contributed by atoms with Gasteiger partial charge in [-0.3, -0.25) is 4.79 Å². The molecular formula is C25H18ClF3O6. The number of hydrogen-bond acceptors (Lipinski definition) is 6. The first-order chi connectivity index (χ1) is 16.5. The maximum absolute atomic E-state index is 14.0. The molecule has 0 N–H and O–H groups in total. The van der Waals surface area contributed by atoms with Gasteiger partial charge in [0.15, 0.2) is 0 Å². The second-order valence-corrected chi connectivity index (χ2v) is 8.12. The highest BCUT2D eigenvalue weighted by atomic mass is 35.5. The molecule has 0 aliphatic carbocycles. The zero-order valence-corrected chi connectivity index (χ0v) is 19.5. The molecule has 4 rings (SSSR count). The van der Waals surface area contributed by atoms with Crippen LogP contribution in [0.2, 0.25) is 5.02 Å². The number of aryl methyl sites for hydroxylation is 2. The summed E-state index contributed by atoms with van der Waals surface area (Å²) in [6.07, 6.45) is -5.01. The summed E-state index contributed by atoms with van der Waals surface area (Å²) < 4.78 is 63.0. The molecule has 10 heteroatoms. The van der Waals surface area contributed by atoms with Gasteiger partial charge >= 0.3 is 12.1 Å². The fraction of sp³-hybridized carbons (Fsp3) is 0.200. The number of rotatable bonds is 5. The minimum Gasteiger partial charge on any atom is -0.488 e. The second-order valence-electron chi connectivity index (χ2n) is 7.69. The first-order valence-corrected chi connectivity index (χ1v) is 10.6. The van der Waals surface area contributed by atoms with Crippen LogP contribution in [0.3, 0.4) is 0 Å². The van der Waals surface area contributed by atoms with Crippen molar-refractivity contribution in [2.24, 2.45) is 0 Å². The molecule has 0 aliphatic rings. The molecule has 0 bridgehead atoms. The molecule has 0 atom stereocenters. The van der Waals surface area contributed by atoms with Gasteiger partial charge in [-0.25, -0.2) is 4.79 Å². The molecule has 4 aromatic rings. The first-order valence-electron chi connectivity index (χ1n) is 10.2. The van der Waals surface area contributed by atoms with E-state index >= 15 is 0 Å². The summed E-state index contributed by atoms with van der Waals surface area (Å²) in [4.78, 5) is 25.1. The minimum atomic E-state index is -5.01. The van der Waals surface area contributed by atoms with Crippen molar-refractivity contribution < 1.29 is 36.3 Å². The molecule has 2 aromatic carbocycles. The van der Waals surface area contributed by atoms with Crippen molar-refractivity contribution in [2.45, 2.75) is 26.6 Å². The average molecular weight is 507 g/mol. The lowest BCUT2D eigenvalue weighted by molar-refractivity contribution is -0.152. The third kappa shape index (κ3) is 4.64. The normalized spacial score (nSPS) is 11.6. The van der Waals surface area contributed by atoms with E-state index in [4.69, 9.17) is 25.2 Å². The Kier molecular flexibility index (Phi) is 6.38. The fourth-order valence-corrected chi connectivity index (χ4v) is 3.77. The van der Waals surface area contributed by atoms with E-state index in [1.807, 2.05) is 0 Å². The number of hydrogen-bond donors (Lipinski definition) is 0. The summed E-state index contributed by atoms with van der Waals surface area (Å²) in [5.41, 5.74) is -1.13. The lowest BCUT2D eigenvalue weighted by Crippen LogP contribution is -2.16. The second kappa shape index (κ2) is 9.14. The Morgan fingerprint density at radius 2 is 1.74 bits per heavy atom. The first kappa shape index (κ1) is 24.4. The van der Waals surface area contributed by atoms with Gasteiger partial charge in [0.05, 0.1) is 18.1 Å². The van der Waals surface area contributed by atoms with Crippen LogP contribution in [0.5, 0.6) is 5.75 Å². The van der Waals surface area contributed by atoms with Crippen molar-refractivity contribution in [3.05, 3.63) is 86.1 Å². The molecule has 0 fully saturated rings. The summed E-state index contributed by atoms with van der Waals surface area (Å²) in [5.74, 6) is -2.55. The number of ether oxygens (including phenoxy) is 2. The largest absolute Gasteiger partial charge is 0.488 e. The number of halogens is 4. The lowest BCUT2D eigenvalue weighted by atomic mass is 10.0. The Morgan fingerprint density at radius 1 is 1.06 bits per heavy atom. The van der Waals surface area contributed by atoms with E-state index in [9.17, 15) is 22.8 Å². The smallest absolute Gasteiger partial charge is 0.450 e. The Morgan fingerprint density at radius 3 is 2.37 bits per heavy atom. The molecule has 0 unspecified atom stereocenters. The van der Waals surface area contributed by atoms with Gasteiger partial charge in [0.25, 0.3) is 0 Å². The Hall–Kier alpha value is -3.72. The molecular weight excluding hydrogens is 489 g/mol. The summed E-state index contributed by atoms with van der Waals surface area (Å²) in [6, 6.07) is 10.7. The van der Waals surface area contributed by atoms with Crippen LogP contribution in [-0.2, 0) is 17.5 Å². The van der Waals surface area contributed by atoms with Gasteiger partial charge in [0.1, 0.15) is 23.7 Å². The van der Waals surface area contributed by atoms with E-state index in [1.165, 1.54) is 26.0 Å². The number of benzene rings is 2. The van der Waals surface area contributed by atoms with Crippen molar-refractivity contribution in [3.8, 4) is 16.9 Å². The number of alkyl halides is 3. The lowest BCUT2D eigenvalue weighted by Gasteiger charge is -2.15. The zero-order chi connectivity index (χ0) is 25.5. The maximum Gasteiger partial charge on any atom is 0.450 e. The predicted octanol–water partition coefficient (Wildman–Crippen LogP) is 6.71. The number of carbonyl (C=O) groups is 1. The highest BCUT2D eigenvalue weighted by Gasteiger charge is 2.40. The summed E-state index contributed by atoms with van der Waals surface area (Å²) in [7, 11) is 1.10. The van der Waals surface area contributed by atoms with Gasteiger partial charge in [0.2, 0.25) is 16.9 Å². The monoisotopic (exact) mass is 506 g/mol. The Balaban J connectivity index is 1.86. The summed E-state index contributed by atoms with van der Waals surface area (Å²) in [6.45, 7) is 2.97. The van der Waals surface area contributed by atoms with E-state index in [-0.39, 0.29) is 46.0 Å². The van der Waals surface area contributed by atoms with E-state index in [0.717, 1.165) is 18.7 Å². The standard InChI is InChI=1S/C25H18ClF3O6/c1-12-18(33-11-14-4-6-15(26)7-5-14)9-8-16-21(30)20(23(25(27,28)29)35-22(12)16)17-10-19(24(31)32-3)34-13(17)2/h4-10H,11H2,1-3H3. The predicted molar refractivity (Wildman–Crippen MR) is 122 cm³/mol. The highest BCUT2D eigenvalue weighted by molar-refractivity contribution is 6.30. The number of furan rings is 1. The van der Waals surface area contributed by atoms with E-state index in [1.54, 1.807) is 24.3 Å². The number of carbonyl (C=O) groups excluding carboxylic acids is 1. The van der Waals surface area contributed by atoms with Crippen LogP contribution in [-0.4, -0.2) is 13.1 Å². The van der Waals surface area contributed by atoms with Crippen molar-refractivity contribution in [2.75, 3.05) is 7.11 Å². The van der Waals surface area contributed by atoms with Crippen molar-refractivity contribution in [1.29, 1.82) is 0 Å². The molecule has 0 saturated heterocycles. The SMILES string of the molecule is COC(=O)c1cc(-c2c(C(F)(F)F)oc3c(C)c(OCc4ccc(Cl)cc4)ccc3c2=O)c(C)o1.